The zero-order valence-corrected chi connectivity index (χ0v) is 19.6. The van der Waals surface area contributed by atoms with Crippen molar-refractivity contribution < 1.29 is 17.7 Å². The fourth-order valence-corrected chi connectivity index (χ4v) is 8.08. The Bertz CT molecular complexity index is 1390. The van der Waals surface area contributed by atoms with Gasteiger partial charge in [-0.05, 0) is 42.6 Å². The molecule has 4 heterocycles. The van der Waals surface area contributed by atoms with Crippen molar-refractivity contribution >= 4 is 59.9 Å². The first kappa shape index (κ1) is 21.7. The van der Waals surface area contributed by atoms with Crippen LogP contribution in [0.5, 0.6) is 0 Å². The van der Waals surface area contributed by atoms with Gasteiger partial charge in [0, 0.05) is 18.0 Å². The maximum atomic E-state index is 13.1. The van der Waals surface area contributed by atoms with E-state index in [0.717, 1.165) is 44.3 Å². The number of aryl methyl sites for hydroxylation is 1. The van der Waals surface area contributed by atoms with Crippen molar-refractivity contribution in [3.8, 4) is 10.7 Å². The van der Waals surface area contributed by atoms with Gasteiger partial charge in [0.05, 0.1) is 21.9 Å². The summed E-state index contributed by atoms with van der Waals surface area (Å²) in [6.07, 6.45) is 5.12. The van der Waals surface area contributed by atoms with Crippen LogP contribution < -0.4 is 0 Å². The molecule has 5 rings (SSSR count). The zero-order valence-electron chi connectivity index (χ0n) is 17.2. The van der Waals surface area contributed by atoms with E-state index in [1.54, 1.807) is 23.0 Å². The summed E-state index contributed by atoms with van der Waals surface area (Å²) in [6, 6.07) is 0.967. The van der Waals surface area contributed by atoms with Crippen molar-refractivity contribution in [2.45, 2.75) is 30.8 Å². The molecule has 166 valence electrons. The molecule has 4 nitrogen and oxygen atoms in total. The molecular formula is C22H18F3N3OS3. The number of fused-ring (bicyclic) bond motifs is 2. The van der Waals surface area contributed by atoms with Crippen LogP contribution in [0.4, 0.5) is 13.2 Å². The van der Waals surface area contributed by atoms with Crippen molar-refractivity contribution in [3.63, 3.8) is 0 Å². The fraction of sp³-hybridized carbons (Fsp3) is 0.273. The molecule has 0 amide bonds. The van der Waals surface area contributed by atoms with Gasteiger partial charge in [0.25, 0.3) is 0 Å². The van der Waals surface area contributed by atoms with Crippen LogP contribution >= 0.6 is 22.7 Å². The number of allylic oxidation sites excluding steroid dienone is 4. The standard InChI is InChI=1S/C22H18F3N3OS3/c1-3-32(29)20-18-17(13(11-30-18)12-7-5-4-6-8-12)31-19(20)21-27-14-9-16(22(23,24)25)26-10-15(14)28(21)2/h5,7-11H,3-4,6H2,1-2H3. The van der Waals surface area contributed by atoms with Gasteiger partial charge in [0.15, 0.2) is 10.7 Å². The summed E-state index contributed by atoms with van der Waals surface area (Å²) < 4.78 is 56.2. The molecule has 10 heteroatoms. The van der Waals surface area contributed by atoms with Crippen molar-refractivity contribution in [1.29, 1.82) is 0 Å². The number of rotatable bonds is 4. The summed E-state index contributed by atoms with van der Waals surface area (Å²) in [4.78, 5) is 9.55. The minimum atomic E-state index is -4.54. The van der Waals surface area contributed by atoms with Crippen LogP contribution in [0.3, 0.4) is 0 Å². The Morgan fingerprint density at radius 2 is 2.06 bits per heavy atom. The van der Waals surface area contributed by atoms with Gasteiger partial charge >= 0.3 is 6.18 Å². The maximum absolute atomic E-state index is 13.1. The Morgan fingerprint density at radius 3 is 2.75 bits per heavy atom. The minimum Gasteiger partial charge on any atom is -0.611 e. The average molecular weight is 494 g/mol. The van der Waals surface area contributed by atoms with Crippen LogP contribution in [-0.2, 0) is 24.4 Å². The van der Waals surface area contributed by atoms with Gasteiger partial charge in [-0.15, -0.1) is 22.7 Å². The van der Waals surface area contributed by atoms with E-state index in [1.165, 1.54) is 17.5 Å². The number of aromatic nitrogens is 3. The fourth-order valence-electron chi connectivity index (χ4n) is 3.81. The summed E-state index contributed by atoms with van der Waals surface area (Å²) in [7, 11) is 1.75. The predicted octanol–water partition coefficient (Wildman–Crippen LogP) is 6.79. The molecule has 1 unspecified atom stereocenters. The Morgan fingerprint density at radius 1 is 1.25 bits per heavy atom. The number of pyridine rings is 1. The predicted molar refractivity (Wildman–Crippen MR) is 126 cm³/mol. The summed E-state index contributed by atoms with van der Waals surface area (Å²) in [6.45, 7) is 1.86. The maximum Gasteiger partial charge on any atom is 0.433 e. The second kappa shape index (κ2) is 8.02. The van der Waals surface area contributed by atoms with E-state index < -0.39 is 23.0 Å². The lowest BCUT2D eigenvalue weighted by atomic mass is 10.0. The van der Waals surface area contributed by atoms with Gasteiger partial charge in [0.1, 0.15) is 21.0 Å². The summed E-state index contributed by atoms with van der Waals surface area (Å²) in [5.74, 6) is 0.948. The van der Waals surface area contributed by atoms with E-state index in [9.17, 15) is 17.7 Å². The Kier molecular flexibility index (Phi) is 5.43. The molecule has 1 atom stereocenters. The molecular weight excluding hydrogens is 475 g/mol. The first-order valence-corrected chi connectivity index (χ1v) is 13.0. The highest BCUT2D eigenvalue weighted by atomic mass is 32.2. The lowest BCUT2D eigenvalue weighted by Crippen LogP contribution is -2.07. The van der Waals surface area contributed by atoms with E-state index in [-0.39, 0.29) is 5.52 Å². The first-order valence-electron chi connectivity index (χ1n) is 9.99. The normalized spacial score (nSPS) is 15.6. The smallest absolute Gasteiger partial charge is 0.433 e. The number of hydrogen-bond acceptors (Lipinski definition) is 5. The van der Waals surface area contributed by atoms with E-state index in [0.29, 0.717) is 22.0 Å². The zero-order chi connectivity index (χ0) is 22.6. The van der Waals surface area contributed by atoms with Gasteiger partial charge in [-0.25, -0.2) is 9.97 Å². The van der Waals surface area contributed by atoms with E-state index in [4.69, 9.17) is 0 Å². The summed E-state index contributed by atoms with van der Waals surface area (Å²) >= 11 is 1.81. The van der Waals surface area contributed by atoms with Crippen LogP contribution in [0.15, 0.2) is 40.8 Å². The van der Waals surface area contributed by atoms with E-state index >= 15 is 0 Å². The molecule has 0 aliphatic heterocycles. The molecule has 0 bridgehead atoms. The van der Waals surface area contributed by atoms with Crippen molar-refractivity contribution in [2.24, 2.45) is 7.05 Å². The minimum absolute atomic E-state index is 0.216. The molecule has 0 N–H and O–H groups in total. The van der Waals surface area contributed by atoms with Gasteiger partial charge < -0.3 is 9.12 Å². The highest BCUT2D eigenvalue weighted by Crippen LogP contribution is 2.48. The third kappa shape index (κ3) is 3.49. The van der Waals surface area contributed by atoms with Gasteiger partial charge in [-0.2, -0.15) is 13.2 Å². The van der Waals surface area contributed by atoms with Crippen LogP contribution in [0.1, 0.15) is 31.0 Å². The van der Waals surface area contributed by atoms with Crippen LogP contribution in [0.25, 0.3) is 36.7 Å². The van der Waals surface area contributed by atoms with Gasteiger partial charge in [-0.1, -0.05) is 18.2 Å². The average Bonchev–Trinajstić information content (AvgIpc) is 3.44. The van der Waals surface area contributed by atoms with Crippen LogP contribution in [-0.4, -0.2) is 24.8 Å². The van der Waals surface area contributed by atoms with Crippen LogP contribution in [0, 0.1) is 0 Å². The second-order valence-corrected chi connectivity index (χ2v) is 11.0. The third-order valence-corrected chi connectivity index (χ3v) is 9.41. The second-order valence-electron chi connectivity index (χ2n) is 7.39. The van der Waals surface area contributed by atoms with Gasteiger partial charge in [0.2, 0.25) is 0 Å². The Hall–Kier alpha value is -2.14. The molecule has 4 aromatic rings. The summed E-state index contributed by atoms with van der Waals surface area (Å²) in [5, 5.41) is 2.09. The van der Waals surface area contributed by atoms with E-state index in [2.05, 4.69) is 33.6 Å². The summed E-state index contributed by atoms with van der Waals surface area (Å²) in [5.41, 5.74) is 1.99. The number of thiophene rings is 2. The van der Waals surface area contributed by atoms with Gasteiger partial charge in [-0.3, -0.25) is 0 Å². The lowest BCUT2D eigenvalue weighted by Gasteiger charge is -2.09. The number of imidazole rings is 1. The lowest BCUT2D eigenvalue weighted by molar-refractivity contribution is -0.141. The SMILES string of the molecule is CC[S+]([O-])c1c(-c2nc3cc(C(F)(F)F)ncc3n2C)sc2c(C3=CCCC=C3)csc12. The topological polar surface area (TPSA) is 53.8 Å². The molecule has 0 aromatic carbocycles. The largest absolute Gasteiger partial charge is 0.611 e. The molecule has 0 radical (unpaired) electrons. The third-order valence-electron chi connectivity index (χ3n) is 5.42. The molecule has 4 aromatic heterocycles. The monoisotopic (exact) mass is 493 g/mol. The molecule has 0 saturated carbocycles. The molecule has 1 aliphatic carbocycles. The first-order chi connectivity index (χ1) is 15.3. The van der Waals surface area contributed by atoms with Crippen molar-refractivity contribution in [2.75, 3.05) is 5.75 Å². The van der Waals surface area contributed by atoms with Crippen molar-refractivity contribution in [1.82, 2.24) is 14.5 Å². The number of hydrogen-bond donors (Lipinski definition) is 0. The number of alkyl halides is 3. The Labute approximate surface area is 193 Å². The molecule has 0 fully saturated rings. The Balaban J connectivity index is 1.73. The highest BCUT2D eigenvalue weighted by molar-refractivity contribution is 7.92. The molecule has 1 aliphatic rings. The van der Waals surface area contributed by atoms with E-state index in [1.807, 2.05) is 6.92 Å². The number of halogens is 3. The number of nitrogens with zero attached hydrogens (tertiary/aromatic N) is 3. The molecule has 0 spiro atoms. The highest BCUT2D eigenvalue weighted by Gasteiger charge is 2.34. The quantitative estimate of drug-likeness (QED) is 0.294. The molecule has 32 heavy (non-hydrogen) atoms. The van der Waals surface area contributed by atoms with Crippen LogP contribution in [0.2, 0.25) is 0 Å². The van der Waals surface area contributed by atoms with Crippen molar-refractivity contribution in [3.05, 3.63) is 47.1 Å². The molecule has 0 saturated heterocycles.